The van der Waals surface area contributed by atoms with Crippen molar-refractivity contribution in [2.24, 2.45) is 5.92 Å². The van der Waals surface area contributed by atoms with Crippen LogP contribution in [0.5, 0.6) is 6.01 Å². The van der Waals surface area contributed by atoms with E-state index in [0.717, 1.165) is 37.9 Å². The predicted octanol–water partition coefficient (Wildman–Crippen LogP) is 2.35. The van der Waals surface area contributed by atoms with Gasteiger partial charge >= 0.3 is 6.01 Å². The number of hydrogen-bond donors (Lipinski definition) is 1. The van der Waals surface area contributed by atoms with Crippen LogP contribution in [0.2, 0.25) is 5.02 Å². The standard InChI is InChI=1S/C14H23ClN4O/c1-3-6-16-9-11-4-7-19(8-5-11)13-12(15)10-17-14(18-13)20-2/h10-11,16H,3-9H2,1-2H3. The number of nitrogens with zero attached hydrogens (tertiary/aromatic N) is 3. The van der Waals surface area contributed by atoms with Crippen LogP contribution in [0.3, 0.4) is 0 Å². The fraction of sp³-hybridized carbons (Fsp3) is 0.714. The fourth-order valence-corrected chi connectivity index (χ4v) is 2.71. The van der Waals surface area contributed by atoms with Crippen LogP contribution >= 0.6 is 11.6 Å². The average molecular weight is 299 g/mol. The van der Waals surface area contributed by atoms with Crippen LogP contribution in [0.15, 0.2) is 6.20 Å². The summed E-state index contributed by atoms with van der Waals surface area (Å²) in [6.07, 6.45) is 5.13. The third kappa shape index (κ3) is 3.96. The summed E-state index contributed by atoms with van der Waals surface area (Å²) < 4.78 is 5.07. The monoisotopic (exact) mass is 298 g/mol. The predicted molar refractivity (Wildman–Crippen MR) is 81.7 cm³/mol. The maximum absolute atomic E-state index is 6.19. The van der Waals surface area contributed by atoms with E-state index in [4.69, 9.17) is 16.3 Å². The van der Waals surface area contributed by atoms with Gasteiger partial charge in [0.2, 0.25) is 0 Å². The van der Waals surface area contributed by atoms with Gasteiger partial charge in [-0.2, -0.15) is 4.98 Å². The van der Waals surface area contributed by atoms with Gasteiger partial charge in [0.25, 0.3) is 0 Å². The Morgan fingerprint density at radius 3 is 2.85 bits per heavy atom. The van der Waals surface area contributed by atoms with Gasteiger partial charge < -0.3 is 15.0 Å². The third-order valence-corrected chi connectivity index (χ3v) is 3.93. The normalized spacial score (nSPS) is 16.4. The Balaban J connectivity index is 1.90. The highest BCUT2D eigenvalue weighted by atomic mass is 35.5. The zero-order valence-corrected chi connectivity index (χ0v) is 13.0. The van der Waals surface area contributed by atoms with E-state index in [1.165, 1.54) is 19.3 Å². The van der Waals surface area contributed by atoms with Crippen molar-refractivity contribution in [1.82, 2.24) is 15.3 Å². The number of halogens is 1. The molecule has 0 aliphatic carbocycles. The molecule has 1 aromatic rings. The largest absolute Gasteiger partial charge is 0.467 e. The zero-order valence-electron chi connectivity index (χ0n) is 12.2. The summed E-state index contributed by atoms with van der Waals surface area (Å²) in [4.78, 5) is 10.6. The lowest BCUT2D eigenvalue weighted by Gasteiger charge is -2.33. The van der Waals surface area contributed by atoms with Crippen molar-refractivity contribution in [2.45, 2.75) is 26.2 Å². The molecule has 1 aromatic heterocycles. The van der Waals surface area contributed by atoms with Gasteiger partial charge in [0.15, 0.2) is 5.82 Å². The Morgan fingerprint density at radius 1 is 1.45 bits per heavy atom. The Kier molecular flexibility index (Phi) is 5.86. The van der Waals surface area contributed by atoms with Gasteiger partial charge in [-0.3, -0.25) is 0 Å². The first kappa shape index (κ1) is 15.3. The number of nitrogens with one attached hydrogen (secondary N) is 1. The number of methoxy groups -OCH3 is 1. The van der Waals surface area contributed by atoms with E-state index in [-0.39, 0.29) is 0 Å². The molecule has 1 fully saturated rings. The second-order valence-electron chi connectivity index (χ2n) is 5.16. The van der Waals surface area contributed by atoms with Gasteiger partial charge in [-0.1, -0.05) is 18.5 Å². The molecule has 1 aliphatic rings. The summed E-state index contributed by atoms with van der Waals surface area (Å²) in [7, 11) is 1.57. The molecule has 2 rings (SSSR count). The molecule has 1 N–H and O–H groups in total. The number of rotatable bonds is 6. The summed E-state index contributed by atoms with van der Waals surface area (Å²) >= 11 is 6.19. The van der Waals surface area contributed by atoms with E-state index in [1.807, 2.05) is 0 Å². The molecule has 0 bridgehead atoms. The molecule has 112 valence electrons. The summed E-state index contributed by atoms with van der Waals surface area (Å²) in [6, 6.07) is 0.371. The van der Waals surface area contributed by atoms with Crippen molar-refractivity contribution in [3.8, 4) is 6.01 Å². The van der Waals surface area contributed by atoms with Gasteiger partial charge in [0.05, 0.1) is 13.3 Å². The molecule has 0 amide bonds. The van der Waals surface area contributed by atoms with Gasteiger partial charge in [-0.25, -0.2) is 4.98 Å². The number of ether oxygens (including phenoxy) is 1. The van der Waals surface area contributed by atoms with Gasteiger partial charge in [0.1, 0.15) is 5.02 Å². The van der Waals surface area contributed by atoms with Crippen molar-refractivity contribution in [1.29, 1.82) is 0 Å². The Bertz CT molecular complexity index is 422. The highest BCUT2D eigenvalue weighted by molar-refractivity contribution is 6.32. The highest BCUT2D eigenvalue weighted by Gasteiger charge is 2.22. The lowest BCUT2D eigenvalue weighted by atomic mass is 9.97. The van der Waals surface area contributed by atoms with E-state index < -0.39 is 0 Å². The molecule has 0 radical (unpaired) electrons. The van der Waals surface area contributed by atoms with E-state index in [9.17, 15) is 0 Å². The van der Waals surface area contributed by atoms with Crippen LogP contribution in [0.25, 0.3) is 0 Å². The second-order valence-corrected chi connectivity index (χ2v) is 5.57. The van der Waals surface area contributed by atoms with Gasteiger partial charge in [-0.05, 0) is 38.3 Å². The first-order valence-corrected chi connectivity index (χ1v) is 7.64. The van der Waals surface area contributed by atoms with Crippen LogP contribution in [0, 0.1) is 5.92 Å². The maximum atomic E-state index is 6.19. The average Bonchev–Trinajstić information content (AvgIpc) is 2.49. The van der Waals surface area contributed by atoms with Crippen LogP contribution in [0.4, 0.5) is 5.82 Å². The van der Waals surface area contributed by atoms with Crippen LogP contribution < -0.4 is 15.0 Å². The summed E-state index contributed by atoms with van der Waals surface area (Å²) in [5.41, 5.74) is 0. The SMILES string of the molecule is CCCNCC1CCN(c2nc(OC)ncc2Cl)CC1. The number of piperidine rings is 1. The first-order chi connectivity index (χ1) is 9.74. The third-order valence-electron chi connectivity index (χ3n) is 3.66. The summed E-state index contributed by atoms with van der Waals surface area (Å²) in [6.45, 7) is 6.38. The smallest absolute Gasteiger partial charge is 0.318 e. The van der Waals surface area contributed by atoms with E-state index in [2.05, 4.69) is 27.1 Å². The minimum atomic E-state index is 0.371. The molecule has 0 unspecified atom stereocenters. The first-order valence-electron chi connectivity index (χ1n) is 7.26. The van der Waals surface area contributed by atoms with E-state index in [0.29, 0.717) is 11.0 Å². The van der Waals surface area contributed by atoms with E-state index >= 15 is 0 Å². The Labute approximate surface area is 125 Å². The maximum Gasteiger partial charge on any atom is 0.318 e. The number of hydrogen-bond acceptors (Lipinski definition) is 5. The quantitative estimate of drug-likeness (QED) is 0.817. The van der Waals surface area contributed by atoms with Crippen molar-refractivity contribution >= 4 is 17.4 Å². The van der Waals surface area contributed by atoms with Crippen molar-refractivity contribution < 1.29 is 4.74 Å². The number of aromatic nitrogens is 2. The number of anilines is 1. The van der Waals surface area contributed by atoms with E-state index in [1.54, 1.807) is 13.3 Å². The fourth-order valence-electron chi connectivity index (χ4n) is 2.49. The molecular formula is C14H23ClN4O. The second kappa shape index (κ2) is 7.64. The summed E-state index contributed by atoms with van der Waals surface area (Å²) in [5, 5.41) is 4.09. The van der Waals surface area contributed by atoms with Crippen LogP contribution in [0.1, 0.15) is 26.2 Å². The molecule has 1 saturated heterocycles. The Morgan fingerprint density at radius 2 is 2.20 bits per heavy atom. The molecule has 0 saturated carbocycles. The van der Waals surface area contributed by atoms with Crippen LogP contribution in [-0.2, 0) is 0 Å². The minimum Gasteiger partial charge on any atom is -0.467 e. The molecule has 1 aliphatic heterocycles. The highest BCUT2D eigenvalue weighted by Crippen LogP contribution is 2.28. The van der Waals surface area contributed by atoms with Gasteiger partial charge in [-0.15, -0.1) is 0 Å². The topological polar surface area (TPSA) is 50.3 Å². The zero-order chi connectivity index (χ0) is 14.4. The Hall–Kier alpha value is -1.07. The molecule has 2 heterocycles. The van der Waals surface area contributed by atoms with Crippen molar-refractivity contribution in [3.63, 3.8) is 0 Å². The molecular weight excluding hydrogens is 276 g/mol. The minimum absolute atomic E-state index is 0.371. The lowest BCUT2D eigenvalue weighted by molar-refractivity contribution is 0.371. The van der Waals surface area contributed by atoms with Gasteiger partial charge in [0, 0.05) is 13.1 Å². The molecule has 6 heteroatoms. The molecule has 0 atom stereocenters. The molecule has 0 aromatic carbocycles. The summed E-state index contributed by atoms with van der Waals surface area (Å²) in [5.74, 6) is 1.54. The molecule has 5 nitrogen and oxygen atoms in total. The molecule has 20 heavy (non-hydrogen) atoms. The van der Waals surface area contributed by atoms with Crippen LogP contribution in [-0.4, -0.2) is 43.3 Å². The van der Waals surface area contributed by atoms with Crippen molar-refractivity contribution in [2.75, 3.05) is 38.2 Å². The van der Waals surface area contributed by atoms with Crippen molar-refractivity contribution in [3.05, 3.63) is 11.2 Å². The molecule has 0 spiro atoms. The lowest BCUT2D eigenvalue weighted by Crippen LogP contribution is -2.38.